The summed E-state index contributed by atoms with van der Waals surface area (Å²) >= 11 is 0. The molecule has 1 atom stereocenters. The number of benzene rings is 2. The minimum atomic E-state index is -0.890. The summed E-state index contributed by atoms with van der Waals surface area (Å²) < 4.78 is 15.3. The molecule has 1 aliphatic heterocycles. The number of hydrogen-bond acceptors (Lipinski definition) is 9. The van der Waals surface area contributed by atoms with Crippen LogP contribution in [0.1, 0.15) is 16.8 Å². The molecular weight excluding hydrogens is 464 g/mol. The molecule has 35 heavy (non-hydrogen) atoms. The molecule has 3 amide bonds. The molecule has 0 saturated carbocycles. The molecule has 2 N–H and O–H groups in total. The van der Waals surface area contributed by atoms with Crippen LogP contribution in [0.25, 0.3) is 0 Å². The van der Waals surface area contributed by atoms with E-state index in [9.17, 15) is 29.3 Å². The van der Waals surface area contributed by atoms with Crippen molar-refractivity contribution in [3.05, 3.63) is 58.1 Å². The Morgan fingerprint density at radius 2 is 1.86 bits per heavy atom. The molecule has 1 fully saturated rings. The fourth-order valence-electron chi connectivity index (χ4n) is 3.29. The number of amides is 3. The number of rotatable bonds is 9. The maximum Gasteiger partial charge on any atom is 0.311 e. The first-order valence-corrected chi connectivity index (χ1v) is 10.3. The molecule has 13 nitrogen and oxygen atoms in total. The van der Waals surface area contributed by atoms with Gasteiger partial charge in [0.25, 0.3) is 17.5 Å². The van der Waals surface area contributed by atoms with E-state index in [-0.39, 0.29) is 29.9 Å². The van der Waals surface area contributed by atoms with Gasteiger partial charge in [0, 0.05) is 29.8 Å². The van der Waals surface area contributed by atoms with Crippen LogP contribution in [0.2, 0.25) is 0 Å². The highest BCUT2D eigenvalue weighted by Crippen LogP contribution is 2.27. The second-order valence-electron chi connectivity index (χ2n) is 7.38. The topological polar surface area (TPSA) is 166 Å². The van der Waals surface area contributed by atoms with E-state index in [0.29, 0.717) is 11.5 Å². The van der Waals surface area contributed by atoms with Crippen LogP contribution in [0.5, 0.6) is 11.5 Å². The zero-order valence-corrected chi connectivity index (χ0v) is 18.8. The Balaban J connectivity index is 1.51. The minimum Gasteiger partial charge on any atom is -0.493 e. The minimum absolute atomic E-state index is 0.136. The molecule has 2 aromatic rings. The first kappa shape index (κ1) is 25.0. The van der Waals surface area contributed by atoms with Gasteiger partial charge in [0.1, 0.15) is 0 Å². The predicted molar refractivity (Wildman–Crippen MR) is 120 cm³/mol. The third-order valence-electron chi connectivity index (χ3n) is 5.03. The zero-order chi connectivity index (χ0) is 25.5. The Kier molecular flexibility index (Phi) is 7.81. The van der Waals surface area contributed by atoms with Crippen LogP contribution in [-0.4, -0.2) is 61.0 Å². The van der Waals surface area contributed by atoms with Gasteiger partial charge in [0.2, 0.25) is 5.91 Å². The third kappa shape index (κ3) is 6.22. The molecule has 1 aliphatic rings. The molecule has 0 aromatic heterocycles. The van der Waals surface area contributed by atoms with E-state index in [2.05, 4.69) is 10.7 Å². The summed E-state index contributed by atoms with van der Waals surface area (Å²) in [5.41, 5.74) is 2.60. The van der Waals surface area contributed by atoms with Gasteiger partial charge >= 0.3 is 5.97 Å². The molecule has 1 saturated heterocycles. The summed E-state index contributed by atoms with van der Waals surface area (Å²) in [6.45, 7) is -0.784. The Bertz CT molecular complexity index is 1170. The molecule has 0 bridgehead atoms. The molecule has 2 aromatic carbocycles. The lowest BCUT2D eigenvalue weighted by molar-refractivity contribution is -0.384. The van der Waals surface area contributed by atoms with Gasteiger partial charge in [-0.15, -0.1) is 0 Å². The second kappa shape index (κ2) is 11.0. The van der Waals surface area contributed by atoms with E-state index < -0.39 is 41.1 Å². The number of nitro groups is 1. The Labute approximate surface area is 199 Å². The van der Waals surface area contributed by atoms with Gasteiger partial charge in [-0.1, -0.05) is 6.07 Å². The summed E-state index contributed by atoms with van der Waals surface area (Å²) in [6.07, 6.45) is -0.211. The Hall–Kier alpha value is -4.68. The summed E-state index contributed by atoms with van der Waals surface area (Å²) in [5, 5.41) is 14.2. The van der Waals surface area contributed by atoms with Gasteiger partial charge in [0.15, 0.2) is 18.1 Å². The number of methoxy groups -OCH3 is 2. The van der Waals surface area contributed by atoms with E-state index in [1.807, 2.05) is 0 Å². The normalized spacial score (nSPS) is 14.7. The van der Waals surface area contributed by atoms with E-state index in [4.69, 9.17) is 14.2 Å². The number of carbonyl (C=O) groups is 4. The molecule has 13 heteroatoms. The van der Waals surface area contributed by atoms with Gasteiger partial charge in [-0.3, -0.25) is 39.7 Å². The van der Waals surface area contributed by atoms with Gasteiger partial charge in [-0.05, 0) is 24.3 Å². The van der Waals surface area contributed by atoms with Crippen molar-refractivity contribution in [2.24, 2.45) is 5.92 Å². The first-order valence-electron chi connectivity index (χ1n) is 10.3. The maximum absolute atomic E-state index is 12.5. The van der Waals surface area contributed by atoms with Gasteiger partial charge in [0.05, 0.1) is 31.6 Å². The standard InChI is InChI=1S/C22H22N4O9/c1-33-17-7-6-13(8-18(17)34-2)21(29)24-25-11-14(9-20(25)28)22(30)35-12-19(27)23-15-4-3-5-16(10-15)26(31)32/h3-8,10,14H,9,11-12H2,1-2H3,(H,23,27)(H,24,29)/t14-/m1/s1. The van der Waals surface area contributed by atoms with Crippen LogP contribution < -0.4 is 20.2 Å². The number of carbonyl (C=O) groups excluding carboxylic acids is 4. The molecule has 184 valence electrons. The number of nitro benzene ring substituents is 1. The molecule has 0 spiro atoms. The van der Waals surface area contributed by atoms with Crippen LogP contribution in [-0.2, 0) is 19.1 Å². The molecule has 0 radical (unpaired) electrons. The number of esters is 1. The highest BCUT2D eigenvalue weighted by Gasteiger charge is 2.36. The fourth-order valence-corrected chi connectivity index (χ4v) is 3.29. The van der Waals surface area contributed by atoms with E-state index >= 15 is 0 Å². The average Bonchev–Trinajstić information content (AvgIpc) is 3.22. The SMILES string of the molecule is COc1ccc(C(=O)NN2C[C@H](C(=O)OCC(=O)Nc3cccc([N+](=O)[O-])c3)CC2=O)cc1OC. The number of ether oxygens (including phenoxy) is 3. The van der Waals surface area contributed by atoms with Gasteiger partial charge < -0.3 is 19.5 Å². The largest absolute Gasteiger partial charge is 0.493 e. The van der Waals surface area contributed by atoms with Crippen LogP contribution >= 0.6 is 0 Å². The predicted octanol–water partition coefficient (Wildman–Crippen LogP) is 1.29. The van der Waals surface area contributed by atoms with E-state index in [1.54, 1.807) is 6.07 Å². The van der Waals surface area contributed by atoms with E-state index in [0.717, 1.165) is 11.1 Å². The van der Waals surface area contributed by atoms with E-state index in [1.165, 1.54) is 44.6 Å². The van der Waals surface area contributed by atoms with Gasteiger partial charge in [-0.2, -0.15) is 0 Å². The number of hydrogen-bond donors (Lipinski definition) is 2. The maximum atomic E-state index is 12.5. The fraction of sp³-hybridized carbons (Fsp3) is 0.273. The molecular formula is C22H22N4O9. The van der Waals surface area contributed by atoms with Crippen molar-refractivity contribution in [2.45, 2.75) is 6.42 Å². The lowest BCUT2D eigenvalue weighted by atomic mass is 10.1. The number of non-ortho nitro benzene ring substituents is 1. The van der Waals surface area contributed by atoms with Crippen molar-refractivity contribution < 1.29 is 38.3 Å². The van der Waals surface area contributed by atoms with Crippen molar-refractivity contribution in [2.75, 3.05) is 32.7 Å². The van der Waals surface area contributed by atoms with Crippen molar-refractivity contribution in [1.29, 1.82) is 0 Å². The summed E-state index contributed by atoms with van der Waals surface area (Å²) in [4.78, 5) is 59.4. The lowest BCUT2D eigenvalue weighted by Crippen LogP contribution is -2.43. The smallest absolute Gasteiger partial charge is 0.311 e. The Morgan fingerprint density at radius 1 is 1.11 bits per heavy atom. The summed E-state index contributed by atoms with van der Waals surface area (Å²) in [5.74, 6) is -2.72. The van der Waals surface area contributed by atoms with Crippen LogP contribution in [0.3, 0.4) is 0 Å². The molecule has 0 unspecified atom stereocenters. The average molecular weight is 486 g/mol. The van der Waals surface area contributed by atoms with Crippen LogP contribution in [0, 0.1) is 16.0 Å². The van der Waals surface area contributed by atoms with Crippen LogP contribution in [0.15, 0.2) is 42.5 Å². The third-order valence-corrected chi connectivity index (χ3v) is 5.03. The monoisotopic (exact) mass is 486 g/mol. The molecule has 3 rings (SSSR count). The Morgan fingerprint density at radius 3 is 2.54 bits per heavy atom. The zero-order valence-electron chi connectivity index (χ0n) is 18.8. The number of anilines is 1. The van der Waals surface area contributed by atoms with Crippen molar-refractivity contribution in [3.8, 4) is 11.5 Å². The number of nitrogens with one attached hydrogen (secondary N) is 2. The number of hydrazine groups is 1. The van der Waals surface area contributed by atoms with Crippen LogP contribution in [0.4, 0.5) is 11.4 Å². The summed E-state index contributed by atoms with van der Waals surface area (Å²) in [6, 6.07) is 9.74. The highest BCUT2D eigenvalue weighted by molar-refractivity contribution is 5.97. The second-order valence-corrected chi connectivity index (χ2v) is 7.38. The molecule has 0 aliphatic carbocycles. The van der Waals surface area contributed by atoms with Crippen molar-refractivity contribution in [1.82, 2.24) is 10.4 Å². The lowest BCUT2D eigenvalue weighted by Gasteiger charge is -2.18. The highest BCUT2D eigenvalue weighted by atomic mass is 16.6. The molecule has 1 heterocycles. The van der Waals surface area contributed by atoms with Crippen molar-refractivity contribution >= 4 is 35.1 Å². The van der Waals surface area contributed by atoms with Crippen molar-refractivity contribution in [3.63, 3.8) is 0 Å². The quantitative estimate of drug-likeness (QED) is 0.301. The van der Waals surface area contributed by atoms with Gasteiger partial charge in [-0.25, -0.2) is 0 Å². The first-order chi connectivity index (χ1) is 16.7. The number of nitrogens with zero attached hydrogens (tertiary/aromatic N) is 2. The summed E-state index contributed by atoms with van der Waals surface area (Å²) in [7, 11) is 2.88.